The van der Waals surface area contributed by atoms with E-state index in [1.165, 1.54) is 0 Å². The Bertz CT molecular complexity index is 345. The molecule has 1 aromatic rings. The molecule has 1 aromatic carbocycles. The molecule has 0 amide bonds. The molecule has 0 heterocycles. The zero-order chi connectivity index (χ0) is 12.1. The molecule has 3 nitrogen and oxygen atoms in total. The zero-order valence-electron chi connectivity index (χ0n) is 9.46. The maximum Gasteiger partial charge on any atom is 0.176 e. The van der Waals surface area contributed by atoms with Crippen molar-refractivity contribution in [1.82, 2.24) is 0 Å². The summed E-state index contributed by atoms with van der Waals surface area (Å²) in [7, 11) is 3.23. The molecule has 1 N–H and O–H groups in total. The average Bonchev–Trinajstić information content (AvgIpc) is 2.24. The van der Waals surface area contributed by atoms with Crippen LogP contribution in [-0.2, 0) is 9.47 Å². The zero-order valence-corrected chi connectivity index (χ0v) is 12.4. The Morgan fingerprint density at radius 3 is 2.44 bits per heavy atom. The van der Waals surface area contributed by atoms with Gasteiger partial charge in [-0.05, 0) is 47.7 Å². The van der Waals surface area contributed by atoms with Gasteiger partial charge in [-0.1, -0.05) is 11.6 Å². The van der Waals surface area contributed by atoms with E-state index >= 15 is 0 Å². The van der Waals surface area contributed by atoms with Gasteiger partial charge >= 0.3 is 0 Å². The van der Waals surface area contributed by atoms with Gasteiger partial charge < -0.3 is 14.8 Å². The van der Waals surface area contributed by atoms with Crippen LogP contribution in [0.1, 0.15) is 6.92 Å². The number of anilines is 1. The predicted molar refractivity (Wildman–Crippen MR) is 75.1 cm³/mol. The van der Waals surface area contributed by atoms with Crippen molar-refractivity contribution < 1.29 is 9.47 Å². The number of ether oxygens (including phenoxy) is 2. The van der Waals surface area contributed by atoms with Crippen molar-refractivity contribution in [2.75, 3.05) is 19.5 Å². The van der Waals surface area contributed by atoms with Crippen LogP contribution in [0, 0.1) is 3.57 Å². The van der Waals surface area contributed by atoms with Gasteiger partial charge in [-0.25, -0.2) is 0 Å². The summed E-state index contributed by atoms with van der Waals surface area (Å²) in [6.45, 7) is 1.98. The third kappa shape index (κ3) is 3.76. The van der Waals surface area contributed by atoms with Crippen LogP contribution in [-0.4, -0.2) is 26.6 Å². The SMILES string of the molecule is COC(OC)C(C)Nc1ccc(I)cc1Cl. The number of nitrogens with one attached hydrogen (secondary N) is 1. The first-order valence-corrected chi connectivity index (χ1v) is 6.31. The Morgan fingerprint density at radius 1 is 1.31 bits per heavy atom. The van der Waals surface area contributed by atoms with Gasteiger partial charge in [-0.2, -0.15) is 0 Å². The van der Waals surface area contributed by atoms with Crippen LogP contribution in [0.25, 0.3) is 0 Å². The minimum Gasteiger partial charge on any atom is -0.376 e. The Kier molecular flexibility index (Phi) is 5.82. The molecule has 0 aliphatic heterocycles. The summed E-state index contributed by atoms with van der Waals surface area (Å²) in [5, 5.41) is 3.95. The molecule has 0 spiro atoms. The van der Waals surface area contributed by atoms with Gasteiger partial charge in [0.15, 0.2) is 6.29 Å². The normalized spacial score (nSPS) is 12.9. The van der Waals surface area contributed by atoms with E-state index in [1.54, 1.807) is 14.2 Å². The van der Waals surface area contributed by atoms with Gasteiger partial charge in [0.1, 0.15) is 0 Å². The van der Waals surface area contributed by atoms with Gasteiger partial charge in [0.25, 0.3) is 0 Å². The van der Waals surface area contributed by atoms with Crippen LogP contribution >= 0.6 is 34.2 Å². The summed E-state index contributed by atoms with van der Waals surface area (Å²) in [6.07, 6.45) is -0.296. The lowest BCUT2D eigenvalue weighted by molar-refractivity contribution is -0.109. The molecule has 1 rings (SSSR count). The van der Waals surface area contributed by atoms with E-state index in [0.29, 0.717) is 5.02 Å². The van der Waals surface area contributed by atoms with E-state index in [4.69, 9.17) is 21.1 Å². The highest BCUT2D eigenvalue weighted by molar-refractivity contribution is 14.1. The third-order valence-electron chi connectivity index (χ3n) is 2.19. The number of rotatable bonds is 5. The van der Waals surface area contributed by atoms with E-state index in [1.807, 2.05) is 25.1 Å². The average molecular weight is 356 g/mol. The molecule has 0 aromatic heterocycles. The Hall–Kier alpha value is -0.0400. The van der Waals surface area contributed by atoms with Crippen molar-refractivity contribution in [3.05, 3.63) is 26.8 Å². The number of benzene rings is 1. The number of hydrogen-bond donors (Lipinski definition) is 1. The highest BCUT2D eigenvalue weighted by Crippen LogP contribution is 2.25. The van der Waals surface area contributed by atoms with Gasteiger partial charge in [-0.15, -0.1) is 0 Å². The molecular weight excluding hydrogens is 340 g/mol. The summed E-state index contributed by atoms with van der Waals surface area (Å²) in [5.74, 6) is 0. The fraction of sp³-hybridized carbons (Fsp3) is 0.455. The van der Waals surface area contributed by atoms with E-state index in [0.717, 1.165) is 9.26 Å². The molecule has 0 fully saturated rings. The molecular formula is C11H15ClINO2. The quantitative estimate of drug-likeness (QED) is 0.649. The number of methoxy groups -OCH3 is 2. The van der Waals surface area contributed by atoms with Crippen molar-refractivity contribution in [2.45, 2.75) is 19.3 Å². The van der Waals surface area contributed by atoms with E-state index in [-0.39, 0.29) is 12.3 Å². The first-order valence-electron chi connectivity index (χ1n) is 4.85. The maximum atomic E-state index is 6.12. The Balaban J connectivity index is 2.72. The monoisotopic (exact) mass is 355 g/mol. The minimum absolute atomic E-state index is 0.0209. The second-order valence-electron chi connectivity index (χ2n) is 3.40. The molecule has 0 saturated heterocycles. The topological polar surface area (TPSA) is 30.5 Å². The molecule has 90 valence electrons. The molecule has 0 aliphatic rings. The van der Waals surface area contributed by atoms with Crippen molar-refractivity contribution in [3.63, 3.8) is 0 Å². The molecule has 5 heteroatoms. The lowest BCUT2D eigenvalue weighted by Crippen LogP contribution is -2.33. The van der Waals surface area contributed by atoms with E-state index < -0.39 is 0 Å². The molecule has 0 radical (unpaired) electrons. The summed E-state index contributed by atoms with van der Waals surface area (Å²) in [5.41, 5.74) is 0.883. The van der Waals surface area contributed by atoms with Gasteiger partial charge in [0.05, 0.1) is 16.8 Å². The smallest absolute Gasteiger partial charge is 0.176 e. The molecule has 0 bridgehead atoms. The van der Waals surface area contributed by atoms with Gasteiger partial charge in [0, 0.05) is 17.8 Å². The third-order valence-corrected chi connectivity index (χ3v) is 3.17. The largest absolute Gasteiger partial charge is 0.376 e. The summed E-state index contributed by atoms with van der Waals surface area (Å²) in [6, 6.07) is 5.87. The fourth-order valence-electron chi connectivity index (χ4n) is 1.42. The maximum absolute atomic E-state index is 6.12. The highest BCUT2D eigenvalue weighted by atomic mass is 127. The van der Waals surface area contributed by atoms with Crippen molar-refractivity contribution >= 4 is 39.9 Å². The second kappa shape index (κ2) is 6.64. The second-order valence-corrected chi connectivity index (χ2v) is 5.05. The Labute approximate surface area is 115 Å². The van der Waals surface area contributed by atoms with Crippen molar-refractivity contribution in [1.29, 1.82) is 0 Å². The van der Waals surface area contributed by atoms with Crippen LogP contribution in [0.2, 0.25) is 5.02 Å². The van der Waals surface area contributed by atoms with Gasteiger partial charge in [0.2, 0.25) is 0 Å². The summed E-state index contributed by atoms with van der Waals surface area (Å²) >= 11 is 8.34. The van der Waals surface area contributed by atoms with Gasteiger partial charge in [-0.3, -0.25) is 0 Å². The van der Waals surface area contributed by atoms with Crippen LogP contribution < -0.4 is 5.32 Å². The van der Waals surface area contributed by atoms with Crippen LogP contribution in [0.3, 0.4) is 0 Å². The number of halogens is 2. The lowest BCUT2D eigenvalue weighted by Gasteiger charge is -2.23. The summed E-state index contributed by atoms with van der Waals surface area (Å²) in [4.78, 5) is 0. The van der Waals surface area contributed by atoms with Crippen molar-refractivity contribution in [3.8, 4) is 0 Å². The van der Waals surface area contributed by atoms with Crippen LogP contribution in [0.15, 0.2) is 18.2 Å². The minimum atomic E-state index is -0.296. The lowest BCUT2D eigenvalue weighted by atomic mass is 10.2. The highest BCUT2D eigenvalue weighted by Gasteiger charge is 2.16. The van der Waals surface area contributed by atoms with E-state index in [9.17, 15) is 0 Å². The van der Waals surface area contributed by atoms with E-state index in [2.05, 4.69) is 27.9 Å². The molecule has 1 atom stereocenters. The first-order chi connectivity index (χ1) is 7.58. The first kappa shape index (κ1) is 14.0. The molecule has 1 unspecified atom stereocenters. The van der Waals surface area contributed by atoms with Crippen molar-refractivity contribution in [2.24, 2.45) is 0 Å². The molecule has 16 heavy (non-hydrogen) atoms. The van der Waals surface area contributed by atoms with Crippen LogP contribution in [0.5, 0.6) is 0 Å². The molecule has 0 saturated carbocycles. The van der Waals surface area contributed by atoms with Crippen LogP contribution in [0.4, 0.5) is 5.69 Å². The standard InChI is InChI=1S/C11H15ClINO2/c1-7(11(15-2)16-3)14-10-5-4-8(13)6-9(10)12/h4-7,11,14H,1-3H3. The summed E-state index contributed by atoms with van der Waals surface area (Å²) < 4.78 is 11.4. The predicted octanol–water partition coefficient (Wildman–Crippen LogP) is 3.36. The fourth-order valence-corrected chi connectivity index (χ4v) is 2.33. The number of hydrogen-bond acceptors (Lipinski definition) is 3. The Morgan fingerprint density at radius 2 is 1.94 bits per heavy atom. The molecule has 0 aliphatic carbocycles.